The van der Waals surface area contributed by atoms with Crippen molar-refractivity contribution in [1.29, 1.82) is 0 Å². The summed E-state index contributed by atoms with van der Waals surface area (Å²) in [5.74, 6) is 0. The molecule has 1 fully saturated rings. The second-order valence-corrected chi connectivity index (χ2v) is 5.40. The van der Waals surface area contributed by atoms with Gasteiger partial charge in [0.05, 0.1) is 11.0 Å². The third-order valence-corrected chi connectivity index (χ3v) is 3.88. The Balaban J connectivity index is 1.99. The molecule has 6 heteroatoms. The lowest BCUT2D eigenvalue weighted by Gasteiger charge is -2.33. The van der Waals surface area contributed by atoms with Crippen molar-refractivity contribution in [2.24, 2.45) is 5.73 Å². The first kappa shape index (κ1) is 15.7. The molecule has 2 rings (SSSR count). The molecule has 0 amide bonds. The lowest BCUT2D eigenvalue weighted by molar-refractivity contribution is -0.384. The summed E-state index contributed by atoms with van der Waals surface area (Å²) in [6.07, 6.45) is 2.92. The van der Waals surface area contributed by atoms with Gasteiger partial charge in [0.2, 0.25) is 0 Å². The van der Waals surface area contributed by atoms with Gasteiger partial charge in [-0.3, -0.25) is 10.1 Å². The predicted molar refractivity (Wildman–Crippen MR) is 82.7 cm³/mol. The van der Waals surface area contributed by atoms with E-state index in [2.05, 4.69) is 4.90 Å². The highest BCUT2D eigenvalue weighted by atomic mass is 16.6. The molecule has 0 atom stereocenters. The number of hydrogen-bond acceptors (Lipinski definition) is 5. The van der Waals surface area contributed by atoms with E-state index in [1.165, 1.54) is 0 Å². The van der Waals surface area contributed by atoms with Gasteiger partial charge in [0.25, 0.3) is 5.69 Å². The van der Waals surface area contributed by atoms with E-state index in [0.29, 0.717) is 18.7 Å². The molecule has 0 aromatic heterocycles. The number of ether oxygens (including phenoxy) is 1. The zero-order valence-corrected chi connectivity index (χ0v) is 12.5. The van der Waals surface area contributed by atoms with Crippen LogP contribution in [0.4, 0.5) is 11.4 Å². The number of para-hydroxylation sites is 1. The van der Waals surface area contributed by atoms with Crippen LogP contribution in [-0.4, -0.2) is 37.3 Å². The van der Waals surface area contributed by atoms with E-state index in [1.807, 2.05) is 12.1 Å². The fourth-order valence-corrected chi connectivity index (χ4v) is 2.73. The summed E-state index contributed by atoms with van der Waals surface area (Å²) in [7, 11) is 0. The SMILES string of the molecule is Cc1cccc(N2CCC(OCCCN)CC2)c1[N+](=O)[O-]. The Morgan fingerprint density at radius 2 is 2.14 bits per heavy atom. The van der Waals surface area contributed by atoms with Crippen LogP contribution in [0.15, 0.2) is 18.2 Å². The molecule has 1 heterocycles. The fourth-order valence-electron chi connectivity index (χ4n) is 2.73. The number of hydrogen-bond donors (Lipinski definition) is 1. The number of nitrogens with two attached hydrogens (primary N) is 1. The molecule has 1 aliphatic rings. The molecule has 1 saturated heterocycles. The number of aryl methyl sites for hydroxylation is 1. The summed E-state index contributed by atoms with van der Waals surface area (Å²) >= 11 is 0. The lowest BCUT2D eigenvalue weighted by Crippen LogP contribution is -2.37. The molecule has 0 unspecified atom stereocenters. The van der Waals surface area contributed by atoms with Gasteiger partial charge in [-0.2, -0.15) is 0 Å². The normalized spacial score (nSPS) is 16.2. The molecule has 0 bridgehead atoms. The van der Waals surface area contributed by atoms with Crippen molar-refractivity contribution in [2.45, 2.75) is 32.3 Å². The molecular weight excluding hydrogens is 270 g/mol. The van der Waals surface area contributed by atoms with Crippen LogP contribution in [0, 0.1) is 17.0 Å². The number of anilines is 1. The van der Waals surface area contributed by atoms with Gasteiger partial charge in [0, 0.05) is 25.3 Å². The quantitative estimate of drug-likeness (QED) is 0.494. The molecule has 116 valence electrons. The zero-order chi connectivity index (χ0) is 15.2. The molecule has 0 radical (unpaired) electrons. The Labute approximate surface area is 125 Å². The summed E-state index contributed by atoms with van der Waals surface area (Å²) in [5.41, 5.74) is 7.10. The van der Waals surface area contributed by atoms with Gasteiger partial charge in [0.1, 0.15) is 5.69 Å². The largest absolute Gasteiger partial charge is 0.378 e. The third-order valence-electron chi connectivity index (χ3n) is 3.88. The molecule has 21 heavy (non-hydrogen) atoms. The van der Waals surface area contributed by atoms with Gasteiger partial charge in [-0.25, -0.2) is 0 Å². The first-order chi connectivity index (χ1) is 10.1. The van der Waals surface area contributed by atoms with Crippen LogP contribution < -0.4 is 10.6 Å². The summed E-state index contributed by atoms with van der Waals surface area (Å²) in [5, 5.41) is 11.3. The van der Waals surface area contributed by atoms with E-state index in [-0.39, 0.29) is 16.7 Å². The minimum atomic E-state index is -0.283. The predicted octanol–water partition coefficient (Wildman–Crippen LogP) is 2.24. The van der Waals surface area contributed by atoms with Crippen LogP contribution >= 0.6 is 0 Å². The molecule has 1 aromatic carbocycles. The minimum Gasteiger partial charge on any atom is -0.378 e. The van der Waals surface area contributed by atoms with E-state index in [0.717, 1.165) is 38.0 Å². The van der Waals surface area contributed by atoms with Crippen molar-refractivity contribution in [3.63, 3.8) is 0 Å². The van der Waals surface area contributed by atoms with Gasteiger partial charge in [0.15, 0.2) is 0 Å². The lowest BCUT2D eigenvalue weighted by atomic mass is 10.1. The smallest absolute Gasteiger partial charge is 0.295 e. The van der Waals surface area contributed by atoms with E-state index < -0.39 is 0 Å². The van der Waals surface area contributed by atoms with Crippen molar-refractivity contribution in [3.05, 3.63) is 33.9 Å². The Hall–Kier alpha value is -1.66. The van der Waals surface area contributed by atoms with Gasteiger partial charge in [-0.15, -0.1) is 0 Å². The molecule has 6 nitrogen and oxygen atoms in total. The van der Waals surface area contributed by atoms with Crippen molar-refractivity contribution in [3.8, 4) is 0 Å². The van der Waals surface area contributed by atoms with Crippen molar-refractivity contribution in [2.75, 3.05) is 31.1 Å². The average Bonchev–Trinajstić information content (AvgIpc) is 2.47. The number of nitrogens with zero attached hydrogens (tertiary/aromatic N) is 2. The fraction of sp³-hybridized carbons (Fsp3) is 0.600. The van der Waals surface area contributed by atoms with Gasteiger partial charge >= 0.3 is 0 Å². The van der Waals surface area contributed by atoms with E-state index in [1.54, 1.807) is 13.0 Å². The maximum atomic E-state index is 11.3. The maximum absolute atomic E-state index is 11.3. The van der Waals surface area contributed by atoms with E-state index in [4.69, 9.17) is 10.5 Å². The van der Waals surface area contributed by atoms with Gasteiger partial charge in [-0.1, -0.05) is 12.1 Å². The molecular formula is C15H23N3O3. The molecule has 1 aromatic rings. The average molecular weight is 293 g/mol. The number of benzene rings is 1. The second-order valence-electron chi connectivity index (χ2n) is 5.40. The summed E-state index contributed by atoms with van der Waals surface area (Å²) in [4.78, 5) is 13.1. The monoisotopic (exact) mass is 293 g/mol. The van der Waals surface area contributed by atoms with Crippen LogP contribution in [0.25, 0.3) is 0 Å². The van der Waals surface area contributed by atoms with Crippen LogP contribution in [0.2, 0.25) is 0 Å². The van der Waals surface area contributed by atoms with E-state index >= 15 is 0 Å². The van der Waals surface area contributed by atoms with Gasteiger partial charge < -0.3 is 15.4 Å². The van der Waals surface area contributed by atoms with Crippen LogP contribution in [-0.2, 0) is 4.74 Å². The number of piperidine rings is 1. The minimum absolute atomic E-state index is 0.222. The van der Waals surface area contributed by atoms with Gasteiger partial charge in [-0.05, 0) is 38.8 Å². The van der Waals surface area contributed by atoms with Crippen LogP contribution in [0.5, 0.6) is 0 Å². The van der Waals surface area contributed by atoms with Crippen molar-refractivity contribution >= 4 is 11.4 Å². The second kappa shape index (κ2) is 7.38. The number of nitro groups is 1. The Morgan fingerprint density at radius 3 is 2.76 bits per heavy atom. The molecule has 0 spiro atoms. The first-order valence-electron chi connectivity index (χ1n) is 7.44. The molecule has 2 N–H and O–H groups in total. The zero-order valence-electron chi connectivity index (χ0n) is 12.5. The highest BCUT2D eigenvalue weighted by molar-refractivity contribution is 5.66. The molecule has 0 aliphatic carbocycles. The van der Waals surface area contributed by atoms with E-state index in [9.17, 15) is 10.1 Å². The number of rotatable bonds is 6. The third kappa shape index (κ3) is 3.92. The molecule has 1 aliphatic heterocycles. The first-order valence-corrected chi connectivity index (χ1v) is 7.44. The topological polar surface area (TPSA) is 81.6 Å². The Morgan fingerprint density at radius 1 is 1.43 bits per heavy atom. The summed E-state index contributed by atoms with van der Waals surface area (Å²) in [6, 6.07) is 5.49. The highest BCUT2D eigenvalue weighted by Gasteiger charge is 2.26. The Bertz CT molecular complexity index is 485. The van der Waals surface area contributed by atoms with Crippen LogP contribution in [0.1, 0.15) is 24.8 Å². The summed E-state index contributed by atoms with van der Waals surface area (Å²) < 4.78 is 5.77. The van der Waals surface area contributed by atoms with Crippen molar-refractivity contribution < 1.29 is 9.66 Å². The Kier molecular flexibility index (Phi) is 5.52. The summed E-state index contributed by atoms with van der Waals surface area (Å²) in [6.45, 7) is 4.71. The number of nitro benzene ring substituents is 1. The standard InChI is InChI=1S/C15H23N3O3/c1-12-4-2-5-14(15(12)18(19)20)17-9-6-13(7-10-17)21-11-3-8-16/h2,4-5,13H,3,6-11,16H2,1H3. The van der Waals surface area contributed by atoms with Crippen LogP contribution in [0.3, 0.4) is 0 Å². The molecule has 0 saturated carbocycles. The highest BCUT2D eigenvalue weighted by Crippen LogP contribution is 2.33. The maximum Gasteiger partial charge on any atom is 0.295 e. The van der Waals surface area contributed by atoms with Crippen molar-refractivity contribution in [1.82, 2.24) is 0 Å².